The molecule has 0 radical (unpaired) electrons. The molecule has 1 aliphatic rings. The Morgan fingerprint density at radius 2 is 1.94 bits per heavy atom. The Kier molecular flexibility index (Phi) is 7.65. The van der Waals surface area contributed by atoms with E-state index in [0.29, 0.717) is 24.7 Å². The third kappa shape index (κ3) is 5.74. The number of nitrogens with zero attached hydrogens (tertiary/aromatic N) is 4. The zero-order valence-corrected chi connectivity index (χ0v) is 20.1. The highest BCUT2D eigenvalue weighted by molar-refractivity contribution is 7.99. The number of amides is 2. The number of likely N-dealkylation sites (tertiary alicyclic amines) is 1. The second-order valence-corrected chi connectivity index (χ2v) is 9.40. The Bertz CT molecular complexity index is 1130. The topological polar surface area (TPSA) is 80.1 Å². The minimum Gasteiger partial charge on any atom is -0.349 e. The summed E-state index contributed by atoms with van der Waals surface area (Å²) in [6.45, 7) is 5.97. The molecule has 1 aromatic heterocycles. The second kappa shape index (κ2) is 10.8. The number of hydrogen-bond donors (Lipinski definition) is 1. The molecule has 7 nitrogen and oxygen atoms in total. The van der Waals surface area contributed by atoms with Gasteiger partial charge in [-0.25, -0.2) is 0 Å². The molecule has 0 spiro atoms. The average Bonchev–Trinajstić information content (AvgIpc) is 3.10. The van der Waals surface area contributed by atoms with E-state index in [2.05, 4.69) is 45.8 Å². The van der Waals surface area contributed by atoms with Crippen molar-refractivity contribution in [3.63, 3.8) is 0 Å². The van der Waals surface area contributed by atoms with Gasteiger partial charge in [0.25, 0.3) is 0 Å². The minimum atomic E-state index is -0.0867. The van der Waals surface area contributed by atoms with Gasteiger partial charge in [0.05, 0.1) is 18.3 Å². The SMILES string of the molecule is CCn1c(CN2CCCCCC2=O)nnc1SCC(=O)N[C@@H](C)c1ccc2ccccc2c1. The summed E-state index contributed by atoms with van der Waals surface area (Å²) in [7, 11) is 0. The number of carbonyl (C=O) groups is 2. The Morgan fingerprint density at radius 1 is 1.12 bits per heavy atom. The van der Waals surface area contributed by atoms with E-state index in [9.17, 15) is 9.59 Å². The summed E-state index contributed by atoms with van der Waals surface area (Å²) >= 11 is 1.38. The summed E-state index contributed by atoms with van der Waals surface area (Å²) < 4.78 is 2.00. The molecule has 0 unspecified atom stereocenters. The maximum atomic E-state index is 12.6. The maximum absolute atomic E-state index is 12.6. The normalized spacial score (nSPS) is 15.5. The van der Waals surface area contributed by atoms with E-state index < -0.39 is 0 Å². The van der Waals surface area contributed by atoms with Crippen molar-refractivity contribution in [3.05, 3.63) is 53.9 Å². The molecule has 0 aliphatic carbocycles. The molecular weight excluding hydrogens is 434 g/mol. The lowest BCUT2D eigenvalue weighted by Crippen LogP contribution is -2.31. The van der Waals surface area contributed by atoms with Gasteiger partial charge >= 0.3 is 0 Å². The van der Waals surface area contributed by atoms with E-state index in [-0.39, 0.29) is 23.6 Å². The Labute approximate surface area is 198 Å². The number of nitrogens with one attached hydrogen (secondary N) is 1. The van der Waals surface area contributed by atoms with Crippen LogP contribution in [-0.2, 0) is 22.7 Å². The van der Waals surface area contributed by atoms with Gasteiger partial charge in [-0.15, -0.1) is 10.2 Å². The summed E-state index contributed by atoms with van der Waals surface area (Å²) in [5.41, 5.74) is 1.08. The van der Waals surface area contributed by atoms with Gasteiger partial charge in [0, 0.05) is 19.5 Å². The van der Waals surface area contributed by atoms with Crippen LogP contribution >= 0.6 is 11.8 Å². The van der Waals surface area contributed by atoms with Crippen molar-refractivity contribution in [2.45, 2.75) is 63.8 Å². The Balaban J connectivity index is 1.35. The number of thioether (sulfide) groups is 1. The van der Waals surface area contributed by atoms with E-state index in [1.807, 2.05) is 35.4 Å². The second-order valence-electron chi connectivity index (χ2n) is 8.45. The standard InChI is InChI=1S/C25H31N5O2S/c1-3-30-22(16-29-14-8-4-5-11-24(29)32)27-28-25(30)33-17-23(31)26-18(2)20-13-12-19-9-6-7-10-21(19)15-20/h6-7,9-10,12-13,15,18H,3-5,8,11,14,16-17H2,1-2H3,(H,26,31)/t18-/m0/s1. The van der Waals surface area contributed by atoms with Gasteiger partial charge < -0.3 is 14.8 Å². The molecule has 2 heterocycles. The number of rotatable bonds is 8. The predicted octanol–water partition coefficient (Wildman–Crippen LogP) is 4.32. The molecule has 2 amide bonds. The predicted molar refractivity (Wildman–Crippen MR) is 131 cm³/mol. The number of fused-ring (bicyclic) bond motifs is 1. The molecule has 174 valence electrons. The van der Waals surface area contributed by atoms with Gasteiger partial charge in [0.15, 0.2) is 11.0 Å². The summed E-state index contributed by atoms with van der Waals surface area (Å²) in [4.78, 5) is 26.9. The molecule has 8 heteroatoms. The maximum Gasteiger partial charge on any atom is 0.230 e. The lowest BCUT2D eigenvalue weighted by molar-refractivity contribution is -0.131. The fraction of sp³-hybridized carbons (Fsp3) is 0.440. The third-order valence-electron chi connectivity index (χ3n) is 6.10. The van der Waals surface area contributed by atoms with E-state index in [1.54, 1.807) is 0 Å². The molecule has 0 saturated carbocycles. The lowest BCUT2D eigenvalue weighted by Gasteiger charge is -2.20. The van der Waals surface area contributed by atoms with Crippen molar-refractivity contribution in [1.29, 1.82) is 0 Å². The number of carbonyl (C=O) groups excluding carboxylic acids is 2. The fourth-order valence-electron chi connectivity index (χ4n) is 4.21. The molecule has 1 fully saturated rings. The number of aromatic nitrogens is 3. The zero-order valence-electron chi connectivity index (χ0n) is 19.3. The van der Waals surface area contributed by atoms with E-state index in [4.69, 9.17) is 0 Å². The van der Waals surface area contributed by atoms with Gasteiger partial charge in [-0.3, -0.25) is 9.59 Å². The van der Waals surface area contributed by atoms with Crippen molar-refractivity contribution in [2.75, 3.05) is 12.3 Å². The molecule has 0 bridgehead atoms. The zero-order chi connectivity index (χ0) is 23.2. The lowest BCUT2D eigenvalue weighted by atomic mass is 10.0. The number of hydrogen-bond acceptors (Lipinski definition) is 5. The van der Waals surface area contributed by atoms with Crippen LogP contribution in [-0.4, -0.2) is 43.8 Å². The summed E-state index contributed by atoms with van der Waals surface area (Å²) in [5, 5.41) is 14.8. The molecule has 4 rings (SSSR count). The van der Waals surface area contributed by atoms with Crippen molar-refractivity contribution in [3.8, 4) is 0 Å². The summed E-state index contributed by atoms with van der Waals surface area (Å²) in [6, 6.07) is 14.4. The quantitative estimate of drug-likeness (QED) is 0.501. The first-order valence-electron chi connectivity index (χ1n) is 11.7. The Hall–Kier alpha value is -2.87. The van der Waals surface area contributed by atoms with Crippen LogP contribution in [0.5, 0.6) is 0 Å². The van der Waals surface area contributed by atoms with Crippen LogP contribution in [0.2, 0.25) is 0 Å². The first kappa shape index (κ1) is 23.3. The molecule has 2 aromatic carbocycles. The monoisotopic (exact) mass is 465 g/mol. The largest absolute Gasteiger partial charge is 0.349 e. The summed E-state index contributed by atoms with van der Waals surface area (Å²) in [6.07, 6.45) is 3.70. The van der Waals surface area contributed by atoms with Crippen LogP contribution in [0.25, 0.3) is 10.8 Å². The van der Waals surface area contributed by atoms with Gasteiger partial charge in [-0.2, -0.15) is 0 Å². The first-order chi connectivity index (χ1) is 16.0. The van der Waals surface area contributed by atoms with Crippen LogP contribution in [0.15, 0.2) is 47.6 Å². The Morgan fingerprint density at radius 3 is 2.76 bits per heavy atom. The minimum absolute atomic E-state index is 0.0458. The summed E-state index contributed by atoms with van der Waals surface area (Å²) in [5.74, 6) is 1.18. The van der Waals surface area contributed by atoms with Crippen molar-refractivity contribution < 1.29 is 9.59 Å². The van der Waals surface area contributed by atoms with Gasteiger partial charge in [0.1, 0.15) is 0 Å². The highest BCUT2D eigenvalue weighted by Crippen LogP contribution is 2.22. The molecule has 1 N–H and O–H groups in total. The fourth-order valence-corrected chi connectivity index (χ4v) is 5.04. The molecular formula is C25H31N5O2S. The van der Waals surface area contributed by atoms with Crippen LogP contribution in [0, 0.1) is 0 Å². The van der Waals surface area contributed by atoms with E-state index >= 15 is 0 Å². The van der Waals surface area contributed by atoms with Crippen LogP contribution in [0.3, 0.4) is 0 Å². The van der Waals surface area contributed by atoms with E-state index in [0.717, 1.165) is 42.6 Å². The van der Waals surface area contributed by atoms with Crippen molar-refractivity contribution >= 4 is 34.3 Å². The highest BCUT2D eigenvalue weighted by Gasteiger charge is 2.21. The van der Waals surface area contributed by atoms with Crippen molar-refractivity contribution in [1.82, 2.24) is 25.0 Å². The average molecular weight is 466 g/mol. The smallest absolute Gasteiger partial charge is 0.230 e. The van der Waals surface area contributed by atoms with Crippen LogP contribution in [0.1, 0.15) is 57.0 Å². The van der Waals surface area contributed by atoms with Gasteiger partial charge in [0.2, 0.25) is 11.8 Å². The molecule has 33 heavy (non-hydrogen) atoms. The van der Waals surface area contributed by atoms with Gasteiger partial charge in [-0.1, -0.05) is 54.6 Å². The van der Waals surface area contributed by atoms with Crippen LogP contribution in [0.4, 0.5) is 0 Å². The van der Waals surface area contributed by atoms with Crippen LogP contribution < -0.4 is 5.32 Å². The highest BCUT2D eigenvalue weighted by atomic mass is 32.2. The molecule has 1 saturated heterocycles. The number of benzene rings is 2. The third-order valence-corrected chi connectivity index (χ3v) is 7.06. The molecule has 1 atom stereocenters. The van der Waals surface area contributed by atoms with Crippen molar-refractivity contribution in [2.24, 2.45) is 0 Å². The van der Waals surface area contributed by atoms with E-state index in [1.165, 1.54) is 17.1 Å². The molecule has 1 aliphatic heterocycles. The first-order valence-corrected chi connectivity index (χ1v) is 12.6. The molecule has 3 aromatic rings. The van der Waals surface area contributed by atoms with Gasteiger partial charge in [-0.05, 0) is 49.1 Å².